The van der Waals surface area contributed by atoms with Gasteiger partial charge >= 0.3 is 88.7 Å². The summed E-state index contributed by atoms with van der Waals surface area (Å²) in [6.07, 6.45) is 0. The fourth-order valence-corrected chi connectivity index (χ4v) is 7.57. The number of hydrogen-bond acceptors (Lipinski definition) is 19. The molecule has 19 nitrogen and oxygen atoms in total. The molecule has 1 aromatic heterocycles. The van der Waals surface area contributed by atoms with Gasteiger partial charge in [-0.15, -0.1) is 0 Å². The molecule has 0 atom stereocenters. The number of nitrogens with zero attached hydrogens (tertiary/aromatic N) is 5. The fraction of sp³-hybridized carbons (Fsp3) is 0.0455. The number of aromatic nitrogens is 4. The number of rotatable bonds is 5. The Morgan fingerprint density at radius 1 is 0.824 bits per heavy atom. The van der Waals surface area contributed by atoms with Gasteiger partial charge in [0.15, 0.2) is 28.6 Å². The Labute approximate surface area is 372 Å². The Morgan fingerprint density at radius 3 is 1.94 bits per heavy atom. The number of halogens is 4. The summed E-state index contributed by atoms with van der Waals surface area (Å²) in [6.45, 7) is 0. The van der Waals surface area contributed by atoms with E-state index in [1.807, 2.05) is 0 Å². The molecule has 3 aromatic rings. The minimum absolute atomic E-state index is 0. The molecule has 252 valence electrons. The molecule has 0 amide bonds. The first-order valence-electron chi connectivity index (χ1n) is 12.0. The summed E-state index contributed by atoms with van der Waals surface area (Å²) in [5.41, 5.74) is 2.08. The number of methoxy groups -OCH3 is 1. The molecule has 0 saturated heterocycles. The maximum Gasteiger partial charge on any atom is 1.00 e. The van der Waals surface area contributed by atoms with Gasteiger partial charge in [0.05, 0.1) is 28.7 Å². The van der Waals surface area contributed by atoms with Crippen molar-refractivity contribution in [2.45, 2.75) is 14.7 Å². The minimum atomic E-state index is -5.61. The zero-order chi connectivity index (χ0) is 35.2. The Balaban J connectivity index is 0.00000234. The van der Waals surface area contributed by atoms with Gasteiger partial charge in [0.1, 0.15) is 67.1 Å². The van der Waals surface area contributed by atoms with E-state index in [-0.39, 0.29) is 106 Å². The largest absolute Gasteiger partial charge is 1.00 e. The number of anilines is 3. The molecule has 2 aromatic carbocycles. The maximum absolute atomic E-state index is 12.6. The zero-order valence-electron chi connectivity index (χ0n) is 25.6. The standard InChI is InChI=1S/C22H11Cl4N7O12S3.3Na/c1-43-6-2-5(29-22-32-20(25)31-21(26)33-22)18(47(37,38)39)17-11(6)30-13-9(24)15-12(8(23)16(13)45-17)28-4-3-7(46(34,35)36)10(27)19(14(4)44-15)48(40,41)42;;;/h2-3,28H,27H2,1H3,(H,34,35,36)(H,37,38,39)(H,40,41,42);;;/q;3*+1/p-3. The summed E-state index contributed by atoms with van der Waals surface area (Å²) in [6, 6.07) is 1.54. The molecule has 6 rings (SSSR count). The molecule has 51 heavy (non-hydrogen) atoms. The van der Waals surface area contributed by atoms with Crippen LogP contribution in [0.3, 0.4) is 0 Å². The van der Waals surface area contributed by atoms with Gasteiger partial charge in [0, 0.05) is 6.07 Å². The van der Waals surface area contributed by atoms with E-state index < -0.39 is 117 Å². The van der Waals surface area contributed by atoms with Gasteiger partial charge in [0.25, 0.3) is 5.95 Å². The third kappa shape index (κ3) is 8.24. The van der Waals surface area contributed by atoms with Crippen molar-refractivity contribution in [3.05, 3.63) is 38.1 Å². The predicted octanol–water partition coefficient (Wildman–Crippen LogP) is -5.87. The molecular weight excluding hydrogens is 861 g/mol. The first-order chi connectivity index (χ1) is 22.2. The number of nitrogens with two attached hydrogens (primary N) is 1. The molecule has 0 fully saturated rings. The van der Waals surface area contributed by atoms with Crippen LogP contribution >= 0.6 is 46.4 Å². The summed E-state index contributed by atoms with van der Waals surface area (Å²) in [5.74, 6) is -2.88. The molecule has 0 spiro atoms. The van der Waals surface area contributed by atoms with Crippen LogP contribution in [0.2, 0.25) is 20.6 Å². The van der Waals surface area contributed by atoms with Crippen LogP contribution in [-0.4, -0.2) is 66.0 Å². The van der Waals surface area contributed by atoms with E-state index >= 15 is 0 Å². The van der Waals surface area contributed by atoms with Crippen molar-refractivity contribution in [3.63, 3.8) is 0 Å². The van der Waals surface area contributed by atoms with Crippen LogP contribution in [0, 0.1) is 0 Å². The van der Waals surface area contributed by atoms with E-state index in [1.165, 1.54) is 0 Å². The molecule has 29 heteroatoms. The van der Waals surface area contributed by atoms with Gasteiger partial charge in [-0.1, -0.05) is 23.2 Å². The average Bonchev–Trinajstić information content (AvgIpc) is 2.95. The van der Waals surface area contributed by atoms with Crippen LogP contribution in [0.4, 0.5) is 23.0 Å². The first kappa shape index (κ1) is 44.6. The van der Waals surface area contributed by atoms with Crippen LogP contribution in [0.5, 0.6) is 17.2 Å². The number of nitrogens with one attached hydrogen (secondary N) is 1. The Bertz CT molecular complexity index is 2650. The third-order valence-electron chi connectivity index (χ3n) is 6.33. The maximum atomic E-state index is 12.6. The van der Waals surface area contributed by atoms with Crippen molar-refractivity contribution < 1.29 is 141 Å². The normalized spacial score (nSPS) is 12.8. The van der Waals surface area contributed by atoms with Gasteiger partial charge in [0.2, 0.25) is 10.6 Å². The van der Waals surface area contributed by atoms with Crippen LogP contribution in [-0.2, 0) is 30.4 Å². The first-order valence-corrected chi connectivity index (χ1v) is 17.7. The van der Waals surface area contributed by atoms with Gasteiger partial charge in [-0.2, -0.15) is 15.0 Å². The number of fused-ring (bicyclic) bond motifs is 4. The van der Waals surface area contributed by atoms with Gasteiger partial charge in [-0.3, -0.25) is 0 Å². The number of ether oxygens (including phenoxy) is 2. The summed E-state index contributed by atoms with van der Waals surface area (Å²) < 4.78 is 126. The smallest absolute Gasteiger partial charge is 0.744 e. The number of benzene rings is 3. The van der Waals surface area contributed by atoms with E-state index in [0.29, 0.717) is 6.07 Å². The Kier molecular flexibility index (Phi) is 13.7. The second-order valence-electron chi connectivity index (χ2n) is 9.20. The van der Waals surface area contributed by atoms with Gasteiger partial charge < -0.3 is 38.6 Å². The molecule has 3 N–H and O–H groups in total. The van der Waals surface area contributed by atoms with Gasteiger partial charge in [-0.05, 0) is 29.3 Å². The summed E-state index contributed by atoms with van der Waals surface area (Å²) in [5, 5.41) is 0.0147. The Hall–Kier alpha value is -0.840. The molecule has 0 bridgehead atoms. The van der Waals surface area contributed by atoms with E-state index in [2.05, 4.69) is 30.2 Å². The van der Waals surface area contributed by atoms with Crippen LogP contribution in [0.25, 0.3) is 22.6 Å². The van der Waals surface area contributed by atoms with Gasteiger partial charge in [-0.25, -0.2) is 35.2 Å². The van der Waals surface area contributed by atoms with E-state index in [4.69, 9.17) is 66.0 Å². The fourth-order valence-electron chi connectivity index (χ4n) is 4.51. The molecular formula is C22H8Cl4N7Na3O12S3. The second kappa shape index (κ2) is 15.7. The predicted molar refractivity (Wildman–Crippen MR) is 160 cm³/mol. The average molecular weight is 869 g/mol. The molecule has 0 saturated carbocycles. The molecule has 0 radical (unpaired) electrons. The molecule has 3 heterocycles. The van der Waals surface area contributed by atoms with Crippen molar-refractivity contribution in [2.75, 3.05) is 18.2 Å². The molecule has 3 aliphatic rings. The van der Waals surface area contributed by atoms with Crippen molar-refractivity contribution in [3.8, 4) is 28.7 Å². The van der Waals surface area contributed by atoms with Crippen LogP contribution < -0.4 is 115 Å². The molecule has 2 aliphatic heterocycles. The summed E-state index contributed by atoms with van der Waals surface area (Å²) in [4.78, 5) is 15.4. The Morgan fingerprint density at radius 2 is 1.41 bits per heavy atom. The van der Waals surface area contributed by atoms with E-state index in [9.17, 15) is 38.9 Å². The summed E-state index contributed by atoms with van der Waals surface area (Å²) >= 11 is 24.7. The van der Waals surface area contributed by atoms with E-state index in [0.717, 1.165) is 13.2 Å². The topological polar surface area (TPSA) is 305 Å². The second-order valence-corrected chi connectivity index (χ2v) is 14.6. The summed E-state index contributed by atoms with van der Waals surface area (Å²) in [7, 11) is -15.4. The zero-order valence-corrected chi connectivity index (χ0v) is 37.1. The SMILES string of the molecule is COc1cc(=Nc2nc(Cl)nc(Cl)n2)c(S(=O)(=O)[O-])c2oc3c(Cl)c4c(c(Cl)c3nc1-2)Oc1c(cc(S(=O)(=O)[O-])c(N)c1S(=O)(=O)[O-])N4.[Na+].[Na+].[Na+]. The number of hydrogen-bond donors (Lipinski definition) is 2. The number of nitrogen functional groups attached to an aromatic ring is 1. The monoisotopic (exact) mass is 867 g/mol. The van der Waals surface area contributed by atoms with Crippen LogP contribution in [0.15, 0.2) is 36.2 Å². The van der Waals surface area contributed by atoms with Crippen molar-refractivity contribution in [1.29, 1.82) is 0 Å². The van der Waals surface area contributed by atoms with Crippen LogP contribution in [0.1, 0.15) is 0 Å². The third-order valence-corrected chi connectivity index (χ3v) is 10.1. The van der Waals surface area contributed by atoms with Crippen molar-refractivity contribution in [2.24, 2.45) is 4.99 Å². The van der Waals surface area contributed by atoms with Crippen molar-refractivity contribution >= 4 is 111 Å². The molecule has 0 unspecified atom stereocenters. The van der Waals surface area contributed by atoms with Crippen molar-refractivity contribution in [1.82, 2.24) is 19.9 Å². The minimum Gasteiger partial charge on any atom is -0.744 e. The van der Waals surface area contributed by atoms with E-state index in [1.54, 1.807) is 0 Å². The molecule has 1 aliphatic carbocycles. The quantitative estimate of drug-likeness (QED) is 0.0705.